The van der Waals surface area contributed by atoms with E-state index in [2.05, 4.69) is 10.2 Å². The van der Waals surface area contributed by atoms with Crippen molar-refractivity contribution in [3.05, 3.63) is 46.6 Å². The van der Waals surface area contributed by atoms with E-state index in [1.807, 2.05) is 0 Å². The van der Waals surface area contributed by atoms with Crippen molar-refractivity contribution in [2.24, 2.45) is 10.2 Å². The van der Waals surface area contributed by atoms with Gasteiger partial charge in [-0.1, -0.05) is 6.07 Å². The Balaban J connectivity index is 2.42. The molecule has 0 unspecified atom stereocenters. The smallest absolute Gasteiger partial charge is 0.222 e. The summed E-state index contributed by atoms with van der Waals surface area (Å²) in [6.45, 7) is 0. The van der Waals surface area contributed by atoms with Crippen molar-refractivity contribution in [2.45, 2.75) is 0 Å². The van der Waals surface area contributed by atoms with Crippen LogP contribution < -0.4 is 19.6 Å². The van der Waals surface area contributed by atoms with Gasteiger partial charge >= 0.3 is 0 Å². The largest absolute Gasteiger partial charge is 0.504 e. The number of rotatable bonds is 5. The van der Waals surface area contributed by atoms with Crippen LogP contribution in [0.25, 0.3) is 0 Å². The van der Waals surface area contributed by atoms with E-state index in [1.54, 1.807) is 18.2 Å². The zero-order valence-corrected chi connectivity index (χ0v) is 12.9. The lowest BCUT2D eigenvalue weighted by Crippen LogP contribution is -1.94. The Kier molecular flexibility index (Phi) is 5.14. The van der Waals surface area contributed by atoms with Crippen molar-refractivity contribution < 1.29 is 19.3 Å². The number of nitrogens with zero attached hydrogens (tertiary/aromatic N) is 2. The van der Waals surface area contributed by atoms with Gasteiger partial charge in [0.15, 0.2) is 17.2 Å². The molecule has 2 aromatic carbocycles. The van der Waals surface area contributed by atoms with Crippen molar-refractivity contribution in [3.63, 3.8) is 0 Å². The molecule has 0 spiro atoms. The van der Waals surface area contributed by atoms with Gasteiger partial charge in [0, 0.05) is 18.2 Å². The van der Waals surface area contributed by atoms with Gasteiger partial charge < -0.3 is 19.3 Å². The second-order valence-electron chi connectivity index (χ2n) is 4.43. The molecule has 0 aromatic heterocycles. The summed E-state index contributed by atoms with van der Waals surface area (Å²) in [4.78, 5) is 11.5. The summed E-state index contributed by atoms with van der Waals surface area (Å²) in [6.07, 6.45) is 0. The van der Waals surface area contributed by atoms with E-state index in [-0.39, 0.29) is 5.75 Å². The van der Waals surface area contributed by atoms with Crippen molar-refractivity contribution >= 4 is 11.4 Å². The number of ether oxygens (including phenoxy) is 3. The number of azo groups is 1. The average molecular weight is 316 g/mol. The van der Waals surface area contributed by atoms with Crippen molar-refractivity contribution in [2.75, 3.05) is 21.3 Å². The number of hydrogen-bond acceptors (Lipinski definition) is 7. The Hall–Kier alpha value is -3.09. The second kappa shape index (κ2) is 7.26. The molecular weight excluding hydrogens is 300 g/mol. The Morgan fingerprint density at radius 1 is 0.870 bits per heavy atom. The van der Waals surface area contributed by atoms with Crippen LogP contribution in [0, 0.1) is 0 Å². The highest BCUT2D eigenvalue weighted by molar-refractivity contribution is 5.60. The predicted octanol–water partition coefficient (Wildman–Crippen LogP) is 3.19. The molecule has 0 heterocycles. The lowest BCUT2D eigenvalue weighted by molar-refractivity contribution is 0.324. The first-order valence-corrected chi connectivity index (χ1v) is 6.64. The summed E-state index contributed by atoms with van der Waals surface area (Å²) < 4.78 is 15.7. The van der Waals surface area contributed by atoms with E-state index in [4.69, 9.17) is 14.2 Å². The van der Waals surface area contributed by atoms with Crippen LogP contribution in [-0.4, -0.2) is 26.4 Å². The highest BCUT2D eigenvalue weighted by Gasteiger charge is 2.12. The van der Waals surface area contributed by atoms with E-state index in [9.17, 15) is 9.90 Å². The number of hydrogen-bond donors (Lipinski definition) is 1. The van der Waals surface area contributed by atoms with E-state index in [1.165, 1.54) is 39.5 Å². The molecule has 0 fully saturated rings. The zero-order valence-electron chi connectivity index (χ0n) is 12.9. The normalized spacial score (nSPS) is 10.6. The average Bonchev–Trinajstić information content (AvgIpc) is 2.73. The summed E-state index contributed by atoms with van der Waals surface area (Å²) in [5.74, 6) is 0.995. The third-order valence-electron chi connectivity index (χ3n) is 2.98. The topological polar surface area (TPSA) is 89.7 Å². The van der Waals surface area contributed by atoms with Crippen LogP contribution in [0.1, 0.15) is 0 Å². The van der Waals surface area contributed by atoms with E-state index >= 15 is 0 Å². The first kappa shape index (κ1) is 16.3. The van der Waals surface area contributed by atoms with Crippen molar-refractivity contribution in [3.8, 4) is 23.0 Å². The van der Waals surface area contributed by atoms with Crippen LogP contribution in [0.15, 0.2) is 51.4 Å². The molecule has 1 N–H and O–H groups in total. The van der Waals surface area contributed by atoms with Crippen LogP contribution in [0.2, 0.25) is 0 Å². The van der Waals surface area contributed by atoms with Crippen LogP contribution in [0.4, 0.5) is 11.4 Å². The Bertz CT molecular complexity index is 765. The van der Waals surface area contributed by atoms with Gasteiger partial charge in [0.25, 0.3) is 0 Å². The molecule has 2 rings (SSSR count). The molecule has 0 amide bonds. The number of benzene rings is 1. The summed E-state index contributed by atoms with van der Waals surface area (Å²) in [7, 11) is 4.51. The fraction of sp³-hybridized carbons (Fsp3) is 0.188. The predicted molar refractivity (Wildman–Crippen MR) is 84.7 cm³/mol. The molecule has 7 nitrogen and oxygen atoms in total. The van der Waals surface area contributed by atoms with Crippen LogP contribution in [0.5, 0.6) is 23.0 Å². The van der Waals surface area contributed by atoms with Gasteiger partial charge in [-0.25, -0.2) is 0 Å². The van der Waals surface area contributed by atoms with Crippen LogP contribution in [-0.2, 0) is 0 Å². The molecule has 2 aromatic rings. The SMILES string of the molecule is COc1cc(N=Nc2cccc(O)c(=O)c2)cc(OC)c1OC. The van der Waals surface area contributed by atoms with E-state index in [0.717, 1.165) is 0 Å². The zero-order chi connectivity index (χ0) is 16.8. The van der Waals surface area contributed by atoms with E-state index in [0.29, 0.717) is 28.6 Å². The maximum absolute atomic E-state index is 11.5. The molecular formula is C16H16N2O5. The standard InChI is InChI=1S/C16H16N2O5/c1-21-14-8-11(9-15(22-2)16(14)23-3)18-17-10-5-4-6-12(19)13(20)7-10/h4-9H,1-3H3,(H,19,20). The Labute approximate surface area is 132 Å². The van der Waals surface area contributed by atoms with Gasteiger partial charge in [-0.05, 0) is 12.1 Å². The van der Waals surface area contributed by atoms with Crippen LogP contribution in [0.3, 0.4) is 0 Å². The summed E-state index contributed by atoms with van der Waals surface area (Å²) >= 11 is 0. The summed E-state index contributed by atoms with van der Waals surface area (Å²) in [5.41, 5.74) is 0.237. The molecule has 0 saturated heterocycles. The minimum Gasteiger partial charge on any atom is -0.504 e. The first-order chi connectivity index (χ1) is 11.1. The molecule has 7 heteroatoms. The van der Waals surface area contributed by atoms with Gasteiger partial charge in [0.2, 0.25) is 11.2 Å². The Morgan fingerprint density at radius 3 is 2.04 bits per heavy atom. The lowest BCUT2D eigenvalue weighted by Gasteiger charge is -2.12. The summed E-state index contributed by atoms with van der Waals surface area (Å²) in [6, 6.07) is 8.81. The minimum atomic E-state index is -0.533. The van der Waals surface area contributed by atoms with Crippen molar-refractivity contribution in [1.82, 2.24) is 0 Å². The van der Waals surface area contributed by atoms with Gasteiger partial charge in [-0.2, -0.15) is 10.2 Å². The summed E-state index contributed by atoms with van der Waals surface area (Å²) in [5, 5.41) is 17.4. The third-order valence-corrected chi connectivity index (χ3v) is 2.98. The highest BCUT2D eigenvalue weighted by atomic mass is 16.5. The van der Waals surface area contributed by atoms with Crippen molar-refractivity contribution in [1.29, 1.82) is 0 Å². The Morgan fingerprint density at radius 2 is 1.48 bits per heavy atom. The second-order valence-corrected chi connectivity index (χ2v) is 4.43. The van der Waals surface area contributed by atoms with Gasteiger partial charge in [0.1, 0.15) is 0 Å². The molecule has 0 aliphatic carbocycles. The van der Waals surface area contributed by atoms with Gasteiger partial charge in [-0.3, -0.25) is 4.79 Å². The monoisotopic (exact) mass is 316 g/mol. The fourth-order valence-electron chi connectivity index (χ4n) is 1.88. The molecule has 0 saturated carbocycles. The van der Waals surface area contributed by atoms with E-state index < -0.39 is 5.43 Å². The molecule has 120 valence electrons. The maximum Gasteiger partial charge on any atom is 0.222 e. The highest BCUT2D eigenvalue weighted by Crippen LogP contribution is 2.41. The number of aromatic hydroxyl groups is 1. The van der Waals surface area contributed by atoms with Gasteiger partial charge in [0.05, 0.1) is 32.7 Å². The quantitative estimate of drug-likeness (QED) is 0.856. The molecule has 0 radical (unpaired) electrons. The number of methoxy groups -OCH3 is 3. The van der Waals surface area contributed by atoms with Gasteiger partial charge in [-0.15, -0.1) is 0 Å². The maximum atomic E-state index is 11.5. The first-order valence-electron chi connectivity index (χ1n) is 6.64. The van der Waals surface area contributed by atoms with Crippen LogP contribution >= 0.6 is 0 Å². The molecule has 0 atom stereocenters. The lowest BCUT2D eigenvalue weighted by atomic mass is 10.2. The molecule has 0 aliphatic heterocycles. The molecule has 23 heavy (non-hydrogen) atoms. The molecule has 0 aliphatic rings. The third kappa shape index (κ3) is 3.76. The molecule has 0 bridgehead atoms. The minimum absolute atomic E-state index is 0.309. The fourth-order valence-corrected chi connectivity index (χ4v) is 1.88.